The molecule has 0 saturated carbocycles. The molecule has 1 N–H and O–H groups in total. The van der Waals surface area contributed by atoms with Crippen LogP contribution in [0.2, 0.25) is 0 Å². The minimum atomic E-state index is -0.850. The van der Waals surface area contributed by atoms with E-state index in [1.54, 1.807) is 6.92 Å². The summed E-state index contributed by atoms with van der Waals surface area (Å²) in [5.74, 6) is 5.40. The van der Waals surface area contributed by atoms with Gasteiger partial charge in [0.2, 0.25) is 0 Å². The number of benzene rings is 2. The van der Waals surface area contributed by atoms with Crippen LogP contribution in [0.4, 0.5) is 0 Å². The van der Waals surface area contributed by atoms with Gasteiger partial charge in [-0.25, -0.2) is 0 Å². The third kappa shape index (κ3) is 5.55. The lowest BCUT2D eigenvalue weighted by molar-refractivity contribution is -0.137. The van der Waals surface area contributed by atoms with Crippen molar-refractivity contribution >= 4 is 17.3 Å². The first-order valence-electron chi connectivity index (χ1n) is 10.3. The number of fused-ring (bicyclic) bond motifs is 1. The molecule has 1 aromatic heterocycles. The van der Waals surface area contributed by atoms with Crippen molar-refractivity contribution in [3.05, 3.63) is 87.1 Å². The molecule has 0 bridgehead atoms. The van der Waals surface area contributed by atoms with Crippen molar-refractivity contribution in [1.29, 1.82) is 0 Å². The van der Waals surface area contributed by atoms with Crippen molar-refractivity contribution in [2.75, 3.05) is 0 Å². The SMILES string of the molecule is CC#CC(CC(=O)O)c1ccc(OCc2cccc(CN3Cc4ccsc4C3)c2)cc1. The normalized spacial score (nSPS) is 13.8. The molecule has 1 atom stereocenters. The molecular weight excluding hydrogens is 406 g/mol. The minimum absolute atomic E-state index is 0.00165. The fourth-order valence-electron chi connectivity index (χ4n) is 3.90. The molecule has 0 amide bonds. The van der Waals surface area contributed by atoms with Crippen LogP contribution in [0.1, 0.15) is 46.4 Å². The lowest BCUT2D eigenvalue weighted by Crippen LogP contribution is -2.15. The van der Waals surface area contributed by atoms with Crippen molar-refractivity contribution < 1.29 is 14.6 Å². The number of rotatable bonds is 8. The topological polar surface area (TPSA) is 49.8 Å². The van der Waals surface area contributed by atoms with Gasteiger partial charge in [0, 0.05) is 24.5 Å². The highest BCUT2D eigenvalue weighted by atomic mass is 32.1. The Morgan fingerprint density at radius 1 is 1.16 bits per heavy atom. The predicted octanol–water partition coefficient (Wildman–Crippen LogP) is 5.42. The summed E-state index contributed by atoms with van der Waals surface area (Å²) in [5.41, 5.74) is 4.78. The van der Waals surface area contributed by atoms with Gasteiger partial charge in [0.05, 0.1) is 12.3 Å². The van der Waals surface area contributed by atoms with Gasteiger partial charge in [0.1, 0.15) is 12.4 Å². The number of aliphatic carboxylic acids is 1. The summed E-state index contributed by atoms with van der Waals surface area (Å²) >= 11 is 1.85. The zero-order valence-electron chi connectivity index (χ0n) is 17.5. The van der Waals surface area contributed by atoms with Gasteiger partial charge in [0.25, 0.3) is 0 Å². The third-order valence-electron chi connectivity index (χ3n) is 5.38. The van der Waals surface area contributed by atoms with E-state index in [0.29, 0.717) is 6.61 Å². The molecule has 2 aromatic carbocycles. The molecule has 4 nitrogen and oxygen atoms in total. The van der Waals surface area contributed by atoms with Crippen LogP contribution in [0.3, 0.4) is 0 Å². The average Bonchev–Trinajstić information content (AvgIpc) is 3.34. The van der Waals surface area contributed by atoms with Gasteiger partial charge in [0.15, 0.2) is 0 Å². The molecule has 5 heteroatoms. The number of carboxylic acids is 1. The van der Waals surface area contributed by atoms with Crippen molar-refractivity contribution in [3.8, 4) is 17.6 Å². The molecule has 2 heterocycles. The quantitative estimate of drug-likeness (QED) is 0.484. The van der Waals surface area contributed by atoms with Gasteiger partial charge in [-0.2, -0.15) is 0 Å². The highest BCUT2D eigenvalue weighted by Crippen LogP contribution is 2.29. The minimum Gasteiger partial charge on any atom is -0.489 e. The second-order valence-electron chi connectivity index (χ2n) is 7.74. The number of thiophene rings is 1. The Morgan fingerprint density at radius 2 is 1.97 bits per heavy atom. The lowest BCUT2D eigenvalue weighted by Gasteiger charge is -2.16. The first kappa shape index (κ1) is 21.2. The highest BCUT2D eigenvalue weighted by molar-refractivity contribution is 7.10. The van der Waals surface area contributed by atoms with E-state index < -0.39 is 5.97 Å². The molecule has 0 saturated heterocycles. The Morgan fingerprint density at radius 3 is 2.71 bits per heavy atom. The summed E-state index contributed by atoms with van der Waals surface area (Å²) in [6, 6.07) is 18.3. The summed E-state index contributed by atoms with van der Waals surface area (Å²) in [6.07, 6.45) is -0.00165. The largest absolute Gasteiger partial charge is 0.489 e. The Hall–Kier alpha value is -3.07. The van der Waals surface area contributed by atoms with E-state index in [4.69, 9.17) is 9.84 Å². The first-order chi connectivity index (χ1) is 15.1. The summed E-state index contributed by atoms with van der Waals surface area (Å²) in [4.78, 5) is 15.0. The van der Waals surface area contributed by atoms with E-state index in [1.165, 1.54) is 16.0 Å². The second-order valence-corrected chi connectivity index (χ2v) is 8.74. The Bertz CT molecular complexity index is 1090. The van der Waals surface area contributed by atoms with Gasteiger partial charge >= 0.3 is 5.97 Å². The molecule has 0 radical (unpaired) electrons. The molecule has 4 rings (SSSR count). The van der Waals surface area contributed by atoms with Crippen molar-refractivity contribution in [3.63, 3.8) is 0 Å². The monoisotopic (exact) mass is 431 g/mol. The summed E-state index contributed by atoms with van der Waals surface area (Å²) < 4.78 is 5.97. The zero-order valence-corrected chi connectivity index (χ0v) is 18.3. The molecule has 1 unspecified atom stereocenters. The van der Waals surface area contributed by atoms with E-state index in [1.807, 2.05) is 35.6 Å². The van der Waals surface area contributed by atoms with Gasteiger partial charge in [-0.05, 0) is 52.8 Å². The Kier molecular flexibility index (Phi) is 6.71. The van der Waals surface area contributed by atoms with Crippen LogP contribution in [0, 0.1) is 11.8 Å². The fourth-order valence-corrected chi connectivity index (χ4v) is 4.84. The fraction of sp³-hybridized carbons (Fsp3) is 0.269. The summed E-state index contributed by atoms with van der Waals surface area (Å²) in [7, 11) is 0. The number of hydrogen-bond acceptors (Lipinski definition) is 4. The van der Waals surface area contributed by atoms with Gasteiger partial charge in [-0.15, -0.1) is 17.3 Å². The molecule has 1 aliphatic heterocycles. The second kappa shape index (κ2) is 9.82. The molecule has 3 aromatic rings. The maximum Gasteiger partial charge on any atom is 0.304 e. The molecule has 1 aliphatic rings. The molecule has 0 aliphatic carbocycles. The van der Waals surface area contributed by atoms with E-state index in [0.717, 1.165) is 36.5 Å². The van der Waals surface area contributed by atoms with Gasteiger partial charge < -0.3 is 9.84 Å². The van der Waals surface area contributed by atoms with Gasteiger partial charge in [-0.1, -0.05) is 42.3 Å². The molecule has 31 heavy (non-hydrogen) atoms. The van der Waals surface area contributed by atoms with E-state index in [9.17, 15) is 4.79 Å². The van der Waals surface area contributed by atoms with Crippen LogP contribution in [0.25, 0.3) is 0 Å². The molecule has 0 spiro atoms. The smallest absolute Gasteiger partial charge is 0.304 e. The van der Waals surface area contributed by atoms with E-state index >= 15 is 0 Å². The maximum absolute atomic E-state index is 11.1. The summed E-state index contributed by atoms with van der Waals surface area (Å²) in [6.45, 7) is 5.22. The van der Waals surface area contributed by atoms with Gasteiger partial charge in [-0.3, -0.25) is 9.69 Å². The number of carboxylic acid groups (broad SMARTS) is 1. The first-order valence-corrected chi connectivity index (χ1v) is 11.2. The number of nitrogens with zero attached hydrogens (tertiary/aromatic N) is 1. The highest BCUT2D eigenvalue weighted by Gasteiger charge is 2.19. The zero-order chi connectivity index (χ0) is 21.6. The van der Waals surface area contributed by atoms with Crippen LogP contribution < -0.4 is 4.74 Å². The Balaban J connectivity index is 1.33. The lowest BCUT2D eigenvalue weighted by atomic mass is 9.96. The predicted molar refractivity (Wildman–Crippen MR) is 123 cm³/mol. The van der Waals surface area contributed by atoms with Crippen LogP contribution in [0.5, 0.6) is 5.75 Å². The number of carbonyl (C=O) groups is 1. The van der Waals surface area contributed by atoms with Crippen LogP contribution in [-0.2, 0) is 31.0 Å². The van der Waals surface area contributed by atoms with Crippen molar-refractivity contribution in [2.45, 2.75) is 45.5 Å². The van der Waals surface area contributed by atoms with Crippen LogP contribution >= 0.6 is 11.3 Å². The molecular formula is C26H25NO3S. The maximum atomic E-state index is 11.1. The number of hydrogen-bond donors (Lipinski definition) is 1. The van der Waals surface area contributed by atoms with Crippen LogP contribution in [-0.4, -0.2) is 16.0 Å². The molecule has 0 fully saturated rings. The third-order valence-corrected chi connectivity index (χ3v) is 6.33. The number of ether oxygens (including phenoxy) is 1. The van der Waals surface area contributed by atoms with Crippen molar-refractivity contribution in [1.82, 2.24) is 4.90 Å². The van der Waals surface area contributed by atoms with E-state index in [2.05, 4.69) is 52.5 Å². The van der Waals surface area contributed by atoms with Crippen LogP contribution in [0.15, 0.2) is 60.0 Å². The standard InChI is InChI=1S/C26H25NO3S/c1-2-4-22(14-26(28)29)21-7-9-24(10-8-21)30-18-20-6-3-5-19(13-20)15-27-16-23-11-12-31-25(23)17-27/h3,5-13,22H,14-18H2,1H3,(H,28,29). The molecule has 158 valence electrons. The van der Waals surface area contributed by atoms with Crippen molar-refractivity contribution in [2.24, 2.45) is 0 Å². The average molecular weight is 432 g/mol. The van der Waals surface area contributed by atoms with E-state index in [-0.39, 0.29) is 12.3 Å². The Labute approximate surface area is 187 Å². The summed E-state index contributed by atoms with van der Waals surface area (Å²) in [5, 5.41) is 11.3.